The Bertz CT molecular complexity index is 695. The second-order valence-corrected chi connectivity index (χ2v) is 6.20. The van der Waals surface area contributed by atoms with E-state index in [4.69, 9.17) is 4.74 Å². The lowest BCUT2D eigenvalue weighted by atomic mass is 10.0. The molecule has 3 N–H and O–H groups in total. The summed E-state index contributed by atoms with van der Waals surface area (Å²) in [4.78, 5) is 4.65. The maximum atomic E-state index is 10.4. The first-order valence-electron chi connectivity index (χ1n) is 9.03. The highest BCUT2D eigenvalue weighted by atomic mass is 127. The minimum Gasteiger partial charge on any atom is -0.497 e. The van der Waals surface area contributed by atoms with Crippen molar-refractivity contribution in [2.24, 2.45) is 4.99 Å². The van der Waals surface area contributed by atoms with Crippen molar-refractivity contribution >= 4 is 29.9 Å². The minimum absolute atomic E-state index is 0. The van der Waals surface area contributed by atoms with Crippen LogP contribution in [-0.4, -0.2) is 37.8 Å². The normalized spacial score (nSPS) is 13.3. The van der Waals surface area contributed by atoms with Gasteiger partial charge in [-0.05, 0) is 30.2 Å². The van der Waals surface area contributed by atoms with E-state index in [-0.39, 0.29) is 24.0 Å². The van der Waals surface area contributed by atoms with Gasteiger partial charge in [-0.3, -0.25) is 4.99 Å². The molecule has 0 amide bonds. The molecule has 0 spiro atoms. The summed E-state index contributed by atoms with van der Waals surface area (Å²) in [6.07, 6.45) is -0.638. The third kappa shape index (κ3) is 7.76. The number of aliphatic hydroxyl groups is 1. The number of nitrogens with zero attached hydrogens (tertiary/aromatic N) is 1. The number of aliphatic hydroxyl groups excluding tert-OH is 1. The minimum atomic E-state index is -0.638. The second-order valence-electron chi connectivity index (χ2n) is 6.20. The van der Waals surface area contributed by atoms with Crippen LogP contribution in [0.5, 0.6) is 5.75 Å². The Morgan fingerprint density at radius 1 is 1.07 bits per heavy atom. The predicted molar refractivity (Wildman–Crippen MR) is 122 cm³/mol. The van der Waals surface area contributed by atoms with Gasteiger partial charge in [-0.25, -0.2) is 0 Å². The molecule has 2 aromatic rings. The van der Waals surface area contributed by atoms with Crippen LogP contribution in [0.3, 0.4) is 0 Å². The van der Waals surface area contributed by atoms with Crippen LogP contribution in [-0.2, 0) is 0 Å². The number of guanidine groups is 1. The molecular formula is C21H30IN3O2. The third-order valence-corrected chi connectivity index (χ3v) is 4.18. The molecule has 0 aliphatic heterocycles. The Morgan fingerprint density at radius 2 is 1.78 bits per heavy atom. The van der Waals surface area contributed by atoms with Crippen LogP contribution in [0.4, 0.5) is 0 Å². The van der Waals surface area contributed by atoms with Crippen molar-refractivity contribution < 1.29 is 9.84 Å². The van der Waals surface area contributed by atoms with Gasteiger partial charge in [0.05, 0.1) is 13.2 Å². The van der Waals surface area contributed by atoms with Gasteiger partial charge in [0.25, 0.3) is 0 Å². The number of halogens is 1. The summed E-state index contributed by atoms with van der Waals surface area (Å²) in [7, 11) is 1.62. The van der Waals surface area contributed by atoms with Crippen molar-refractivity contribution in [3.8, 4) is 5.75 Å². The summed E-state index contributed by atoms with van der Waals surface area (Å²) in [5, 5.41) is 16.8. The molecule has 6 heteroatoms. The molecule has 27 heavy (non-hydrogen) atoms. The average molecular weight is 483 g/mol. The fourth-order valence-corrected chi connectivity index (χ4v) is 2.62. The Morgan fingerprint density at radius 3 is 2.44 bits per heavy atom. The molecule has 2 aromatic carbocycles. The van der Waals surface area contributed by atoms with Crippen molar-refractivity contribution in [2.75, 3.05) is 26.7 Å². The van der Waals surface area contributed by atoms with Crippen molar-refractivity contribution in [1.82, 2.24) is 10.6 Å². The summed E-state index contributed by atoms with van der Waals surface area (Å²) in [6.45, 7) is 6.00. The zero-order valence-corrected chi connectivity index (χ0v) is 18.5. The average Bonchev–Trinajstić information content (AvgIpc) is 2.70. The second kappa shape index (κ2) is 12.6. The number of methoxy groups -OCH3 is 1. The molecular weight excluding hydrogens is 453 g/mol. The molecule has 148 valence electrons. The Kier molecular flexibility index (Phi) is 10.8. The van der Waals surface area contributed by atoms with Crippen LogP contribution in [0.2, 0.25) is 0 Å². The zero-order chi connectivity index (χ0) is 18.8. The maximum Gasteiger partial charge on any atom is 0.191 e. The van der Waals surface area contributed by atoms with Crippen molar-refractivity contribution in [3.63, 3.8) is 0 Å². The van der Waals surface area contributed by atoms with Gasteiger partial charge in [0.1, 0.15) is 5.75 Å². The van der Waals surface area contributed by atoms with E-state index in [9.17, 15) is 5.11 Å². The van der Waals surface area contributed by atoms with Crippen molar-refractivity contribution in [2.45, 2.75) is 25.9 Å². The number of nitrogens with one attached hydrogen (secondary N) is 2. The number of ether oxygens (including phenoxy) is 1. The summed E-state index contributed by atoms with van der Waals surface area (Å²) in [5.41, 5.74) is 2.08. The lowest BCUT2D eigenvalue weighted by molar-refractivity contribution is 0.180. The number of benzene rings is 2. The Labute approximate surface area is 179 Å². The van der Waals surface area contributed by atoms with Crippen LogP contribution in [0, 0.1) is 0 Å². The highest BCUT2D eigenvalue weighted by Gasteiger charge is 2.10. The fraction of sp³-hybridized carbons (Fsp3) is 0.381. The summed E-state index contributed by atoms with van der Waals surface area (Å²) in [6, 6.07) is 17.8. The molecule has 0 saturated heterocycles. The van der Waals surface area contributed by atoms with Crippen LogP contribution in [0.25, 0.3) is 0 Å². The molecule has 0 fully saturated rings. The first kappa shape index (κ1) is 23.2. The highest BCUT2D eigenvalue weighted by molar-refractivity contribution is 14.0. The van der Waals surface area contributed by atoms with Gasteiger partial charge in [-0.15, -0.1) is 24.0 Å². The van der Waals surface area contributed by atoms with Gasteiger partial charge in [0.2, 0.25) is 0 Å². The van der Waals surface area contributed by atoms with Crippen molar-refractivity contribution in [1.29, 1.82) is 0 Å². The third-order valence-electron chi connectivity index (χ3n) is 4.18. The largest absolute Gasteiger partial charge is 0.497 e. The van der Waals surface area contributed by atoms with E-state index in [0.29, 0.717) is 25.0 Å². The Balaban J connectivity index is 0.00000364. The lowest BCUT2D eigenvalue weighted by Crippen LogP contribution is -2.39. The molecule has 0 aromatic heterocycles. The molecule has 0 saturated carbocycles. The van der Waals surface area contributed by atoms with Crippen molar-refractivity contribution in [3.05, 3.63) is 65.7 Å². The molecule has 0 aliphatic carbocycles. The van der Waals surface area contributed by atoms with E-state index in [1.165, 1.54) is 5.56 Å². The first-order chi connectivity index (χ1) is 12.6. The van der Waals surface area contributed by atoms with Crippen LogP contribution in [0.1, 0.15) is 37.0 Å². The van der Waals surface area contributed by atoms with Gasteiger partial charge in [-0.2, -0.15) is 0 Å². The standard InChI is InChI=1S/C21H29N3O2.HI/c1-4-22-21(23-14-16(2)17-9-6-5-7-10-17)24-15-20(25)18-11-8-12-19(13-18)26-3;/h5-13,16,20,25H,4,14-15H2,1-3H3,(H2,22,23,24);1H. The molecule has 0 bridgehead atoms. The van der Waals surface area contributed by atoms with Gasteiger partial charge in [0, 0.05) is 25.6 Å². The topological polar surface area (TPSA) is 65.9 Å². The van der Waals surface area contributed by atoms with E-state index in [1.807, 2.05) is 49.4 Å². The van der Waals surface area contributed by atoms with Crippen LogP contribution >= 0.6 is 24.0 Å². The van der Waals surface area contributed by atoms with Gasteiger partial charge < -0.3 is 20.5 Å². The van der Waals surface area contributed by atoms with E-state index >= 15 is 0 Å². The predicted octanol–water partition coefficient (Wildman–Crippen LogP) is 3.71. The fourth-order valence-electron chi connectivity index (χ4n) is 2.62. The molecule has 2 atom stereocenters. The number of hydrogen-bond acceptors (Lipinski definition) is 3. The van der Waals surface area contributed by atoms with E-state index in [1.54, 1.807) is 7.11 Å². The van der Waals surface area contributed by atoms with Gasteiger partial charge >= 0.3 is 0 Å². The van der Waals surface area contributed by atoms with E-state index in [0.717, 1.165) is 17.9 Å². The smallest absolute Gasteiger partial charge is 0.191 e. The monoisotopic (exact) mass is 483 g/mol. The Hall–Kier alpha value is -1.80. The summed E-state index contributed by atoms with van der Waals surface area (Å²) in [5.74, 6) is 1.77. The van der Waals surface area contributed by atoms with Gasteiger partial charge in [0.15, 0.2) is 5.96 Å². The number of hydrogen-bond donors (Lipinski definition) is 3. The highest BCUT2D eigenvalue weighted by Crippen LogP contribution is 2.18. The molecule has 5 nitrogen and oxygen atoms in total. The maximum absolute atomic E-state index is 10.4. The van der Waals surface area contributed by atoms with E-state index in [2.05, 4.69) is 34.7 Å². The molecule has 0 heterocycles. The molecule has 0 aliphatic rings. The van der Waals surface area contributed by atoms with Crippen LogP contribution in [0.15, 0.2) is 59.6 Å². The molecule has 0 radical (unpaired) electrons. The SMILES string of the molecule is CCNC(=NCC(C)c1ccccc1)NCC(O)c1cccc(OC)c1.I. The summed E-state index contributed by atoms with van der Waals surface area (Å²) >= 11 is 0. The van der Waals surface area contributed by atoms with E-state index < -0.39 is 6.10 Å². The molecule has 2 unspecified atom stereocenters. The molecule has 2 rings (SSSR count). The number of rotatable bonds is 8. The number of aliphatic imine (C=N–C) groups is 1. The quantitative estimate of drug-likeness (QED) is 0.305. The van der Waals surface area contributed by atoms with Gasteiger partial charge in [-0.1, -0.05) is 49.4 Å². The van der Waals surface area contributed by atoms with Crippen LogP contribution < -0.4 is 15.4 Å². The lowest BCUT2D eigenvalue weighted by Gasteiger charge is -2.17. The summed E-state index contributed by atoms with van der Waals surface area (Å²) < 4.78 is 5.21. The zero-order valence-electron chi connectivity index (χ0n) is 16.2. The first-order valence-corrected chi connectivity index (χ1v) is 9.03.